The summed E-state index contributed by atoms with van der Waals surface area (Å²) in [5.74, 6) is -1.52. The number of rotatable bonds is 3. The number of hydrogen-bond acceptors (Lipinski definition) is 4. The highest BCUT2D eigenvalue weighted by Crippen LogP contribution is 2.30. The third-order valence-electron chi connectivity index (χ3n) is 1.37. The molecule has 0 aliphatic rings. The summed E-state index contributed by atoms with van der Waals surface area (Å²) in [4.78, 5) is 9.45. The minimum absolute atomic E-state index is 0.0280. The monoisotopic (exact) mass is 246 g/mol. The Labute approximate surface area is 84.6 Å². The van der Waals surface area contributed by atoms with Gasteiger partial charge in [0.05, 0.1) is 7.11 Å². The first kappa shape index (κ1) is 13.9. The largest absolute Gasteiger partial charge is 0.502 e. The van der Waals surface area contributed by atoms with Crippen LogP contribution in [0.2, 0.25) is 0 Å². The van der Waals surface area contributed by atoms with Crippen LogP contribution in [0.1, 0.15) is 13.3 Å². The van der Waals surface area contributed by atoms with Gasteiger partial charge in [-0.25, -0.2) is 13.2 Å². The first-order valence-corrected chi connectivity index (χ1v) is 5.26. The molecule has 0 bridgehead atoms. The van der Waals surface area contributed by atoms with Crippen LogP contribution >= 0.6 is 0 Å². The molecule has 0 N–H and O–H groups in total. The molecule has 0 atom stereocenters. The summed E-state index contributed by atoms with van der Waals surface area (Å²) < 4.78 is 61.9. The maximum Gasteiger partial charge on any atom is 0.502 e. The van der Waals surface area contributed by atoms with Gasteiger partial charge in [-0.05, 0) is 6.42 Å². The molecule has 0 saturated heterocycles. The molecular weight excluding hydrogens is 237 g/mol. The molecule has 0 radical (unpaired) electrons. The van der Waals surface area contributed by atoms with Gasteiger partial charge in [-0.1, -0.05) is 13.0 Å². The third-order valence-corrected chi connectivity index (χ3v) is 2.89. The Balaban J connectivity index is 5.50. The summed E-state index contributed by atoms with van der Waals surface area (Å²) >= 11 is 0. The molecule has 0 aliphatic heterocycles. The minimum atomic E-state index is -5.63. The standard InChI is InChI=1S/C7H9F3O4S/c1-3-4-5(6(11)14-2)15(12,13)7(8,9)10/h4H,3H2,1-2H3/b5-4-. The highest BCUT2D eigenvalue weighted by Gasteiger charge is 2.50. The van der Waals surface area contributed by atoms with E-state index in [9.17, 15) is 26.4 Å². The van der Waals surface area contributed by atoms with Gasteiger partial charge in [0.2, 0.25) is 0 Å². The van der Waals surface area contributed by atoms with Crippen LogP contribution in [0.4, 0.5) is 13.2 Å². The van der Waals surface area contributed by atoms with Gasteiger partial charge in [-0.3, -0.25) is 0 Å². The second-order valence-electron chi connectivity index (χ2n) is 2.42. The highest BCUT2D eigenvalue weighted by atomic mass is 32.2. The van der Waals surface area contributed by atoms with E-state index in [-0.39, 0.29) is 6.42 Å². The average molecular weight is 246 g/mol. The van der Waals surface area contributed by atoms with Crippen LogP contribution in [-0.4, -0.2) is 27.0 Å². The van der Waals surface area contributed by atoms with Gasteiger partial charge in [0.25, 0.3) is 9.84 Å². The van der Waals surface area contributed by atoms with E-state index in [2.05, 4.69) is 4.74 Å². The fourth-order valence-electron chi connectivity index (χ4n) is 0.713. The van der Waals surface area contributed by atoms with E-state index in [0.717, 1.165) is 7.11 Å². The van der Waals surface area contributed by atoms with E-state index < -0.39 is 26.2 Å². The van der Waals surface area contributed by atoms with E-state index in [1.807, 2.05) is 0 Å². The third kappa shape index (κ3) is 2.95. The smallest absolute Gasteiger partial charge is 0.465 e. The fraction of sp³-hybridized carbons (Fsp3) is 0.571. The Morgan fingerprint density at radius 3 is 2.13 bits per heavy atom. The molecular formula is C7H9F3O4S. The average Bonchev–Trinajstić information content (AvgIpc) is 2.10. The van der Waals surface area contributed by atoms with Crippen molar-refractivity contribution < 1.29 is 31.1 Å². The molecule has 0 unspecified atom stereocenters. The molecule has 0 fully saturated rings. The van der Waals surface area contributed by atoms with Gasteiger partial charge in [-0.15, -0.1) is 0 Å². The van der Waals surface area contributed by atoms with E-state index in [1.54, 1.807) is 0 Å². The van der Waals surface area contributed by atoms with Crippen molar-refractivity contribution in [1.29, 1.82) is 0 Å². The Hall–Kier alpha value is -1.05. The Bertz CT molecular complexity index is 366. The SMILES string of the molecule is CC/C=C(/C(=O)OC)S(=O)(=O)C(F)(F)F. The van der Waals surface area contributed by atoms with Gasteiger partial charge in [0.15, 0.2) is 4.91 Å². The van der Waals surface area contributed by atoms with Gasteiger partial charge in [0.1, 0.15) is 0 Å². The van der Waals surface area contributed by atoms with Gasteiger partial charge < -0.3 is 4.74 Å². The molecule has 4 nitrogen and oxygen atoms in total. The van der Waals surface area contributed by atoms with Crippen molar-refractivity contribution in [2.75, 3.05) is 7.11 Å². The second-order valence-corrected chi connectivity index (χ2v) is 4.33. The summed E-state index contributed by atoms with van der Waals surface area (Å²) in [6, 6.07) is 0. The summed E-state index contributed by atoms with van der Waals surface area (Å²) in [7, 11) is -4.82. The predicted octanol–water partition coefficient (Wildman–Crippen LogP) is 1.39. The van der Waals surface area contributed by atoms with Crippen LogP contribution in [0.3, 0.4) is 0 Å². The van der Waals surface area contributed by atoms with Crippen molar-refractivity contribution in [2.24, 2.45) is 0 Å². The highest BCUT2D eigenvalue weighted by molar-refractivity contribution is 7.97. The van der Waals surface area contributed by atoms with Crippen molar-refractivity contribution in [3.8, 4) is 0 Å². The lowest BCUT2D eigenvalue weighted by Crippen LogP contribution is -2.28. The number of allylic oxidation sites excluding steroid dienone is 1. The molecule has 0 aromatic rings. The van der Waals surface area contributed by atoms with Crippen molar-refractivity contribution >= 4 is 15.8 Å². The van der Waals surface area contributed by atoms with Gasteiger partial charge >= 0.3 is 11.5 Å². The number of sulfone groups is 1. The lowest BCUT2D eigenvalue weighted by Gasteiger charge is -2.09. The summed E-state index contributed by atoms with van der Waals surface area (Å²) in [6.07, 6.45) is 0.633. The van der Waals surface area contributed by atoms with E-state index in [4.69, 9.17) is 0 Å². The molecule has 0 aromatic carbocycles. The molecule has 8 heteroatoms. The van der Waals surface area contributed by atoms with Crippen LogP contribution in [0.25, 0.3) is 0 Å². The van der Waals surface area contributed by atoms with Crippen LogP contribution in [0.15, 0.2) is 11.0 Å². The lowest BCUT2D eigenvalue weighted by molar-refractivity contribution is -0.135. The zero-order valence-corrected chi connectivity index (χ0v) is 8.78. The van der Waals surface area contributed by atoms with Crippen molar-refractivity contribution in [1.82, 2.24) is 0 Å². The zero-order chi connectivity index (χ0) is 12.3. The van der Waals surface area contributed by atoms with Crippen LogP contribution < -0.4 is 0 Å². The van der Waals surface area contributed by atoms with Crippen molar-refractivity contribution in [3.05, 3.63) is 11.0 Å². The number of ether oxygens (including phenoxy) is 1. The van der Waals surface area contributed by atoms with E-state index >= 15 is 0 Å². The molecule has 0 spiro atoms. The van der Waals surface area contributed by atoms with Crippen molar-refractivity contribution in [3.63, 3.8) is 0 Å². The minimum Gasteiger partial charge on any atom is -0.465 e. The number of halogens is 3. The number of hydrogen-bond donors (Lipinski definition) is 0. The first-order valence-electron chi connectivity index (χ1n) is 3.78. The molecule has 88 valence electrons. The second kappa shape index (κ2) is 4.65. The van der Waals surface area contributed by atoms with E-state index in [1.165, 1.54) is 6.92 Å². The lowest BCUT2D eigenvalue weighted by atomic mass is 10.4. The number of carbonyl (C=O) groups excluding carboxylic acids is 1. The number of alkyl halides is 3. The Kier molecular flexibility index (Phi) is 4.32. The number of esters is 1. The van der Waals surface area contributed by atoms with Crippen LogP contribution in [0, 0.1) is 0 Å². The first-order chi connectivity index (χ1) is 6.68. The fourth-order valence-corrected chi connectivity index (χ4v) is 1.65. The van der Waals surface area contributed by atoms with Crippen LogP contribution in [-0.2, 0) is 19.4 Å². The normalized spacial score (nSPS) is 13.8. The van der Waals surface area contributed by atoms with Crippen LogP contribution in [0.5, 0.6) is 0 Å². The molecule has 0 rings (SSSR count). The van der Waals surface area contributed by atoms with E-state index in [0.29, 0.717) is 6.08 Å². The molecule has 0 saturated carbocycles. The summed E-state index contributed by atoms with van der Waals surface area (Å²) in [5.41, 5.74) is -5.50. The Morgan fingerprint density at radius 1 is 1.40 bits per heavy atom. The summed E-state index contributed by atoms with van der Waals surface area (Å²) in [6.45, 7) is 1.40. The molecule has 0 amide bonds. The summed E-state index contributed by atoms with van der Waals surface area (Å²) in [5, 5.41) is 0. The molecule has 15 heavy (non-hydrogen) atoms. The molecule has 0 aliphatic carbocycles. The maximum absolute atomic E-state index is 12.1. The molecule has 0 heterocycles. The molecule has 0 aromatic heterocycles. The predicted molar refractivity (Wildman–Crippen MR) is 45.4 cm³/mol. The van der Waals surface area contributed by atoms with Crippen molar-refractivity contribution in [2.45, 2.75) is 18.9 Å². The zero-order valence-electron chi connectivity index (χ0n) is 7.96. The van der Waals surface area contributed by atoms with Gasteiger partial charge in [-0.2, -0.15) is 13.2 Å². The number of methoxy groups -OCH3 is 1. The maximum atomic E-state index is 12.1. The quantitative estimate of drug-likeness (QED) is 0.557. The van der Waals surface area contributed by atoms with Gasteiger partial charge in [0, 0.05) is 0 Å². The number of carbonyl (C=O) groups is 1. The topological polar surface area (TPSA) is 60.4 Å². The Morgan fingerprint density at radius 2 is 1.87 bits per heavy atom.